The van der Waals surface area contributed by atoms with Crippen LogP contribution in [0.5, 0.6) is 0 Å². The molecule has 1 heterocycles. The van der Waals surface area contributed by atoms with Crippen molar-refractivity contribution in [2.45, 2.75) is 0 Å². The number of rotatable bonds is 4. The molecule has 0 radical (unpaired) electrons. The van der Waals surface area contributed by atoms with Crippen LogP contribution in [0.3, 0.4) is 0 Å². The number of carbonyl (C=O) groups is 3. The molecule has 0 atom stereocenters. The Balaban J connectivity index is 1.63. The van der Waals surface area contributed by atoms with E-state index in [1.165, 1.54) is 28.9 Å². The zero-order valence-electron chi connectivity index (χ0n) is 16.4. The van der Waals surface area contributed by atoms with Gasteiger partial charge >= 0.3 is 11.8 Å². The van der Waals surface area contributed by atoms with Crippen molar-refractivity contribution < 1.29 is 18.8 Å². The number of aromatic nitrogens is 1. The van der Waals surface area contributed by atoms with E-state index in [4.69, 9.17) is 0 Å². The van der Waals surface area contributed by atoms with Gasteiger partial charge in [0, 0.05) is 21.2 Å². The molecule has 32 heavy (non-hydrogen) atoms. The van der Waals surface area contributed by atoms with Gasteiger partial charge in [-0.1, -0.05) is 34.1 Å². The van der Waals surface area contributed by atoms with Gasteiger partial charge in [0.1, 0.15) is 11.5 Å². The summed E-state index contributed by atoms with van der Waals surface area (Å²) in [6.07, 6.45) is 0. The van der Waals surface area contributed by atoms with Gasteiger partial charge in [-0.2, -0.15) is 0 Å². The van der Waals surface area contributed by atoms with E-state index in [9.17, 15) is 18.8 Å². The quantitative estimate of drug-likeness (QED) is 0.364. The molecule has 0 spiro atoms. The Morgan fingerprint density at radius 2 is 1.47 bits per heavy atom. The van der Waals surface area contributed by atoms with Crippen LogP contribution in [0, 0.1) is 5.82 Å². The Hall–Kier alpha value is -3.98. The molecule has 0 fully saturated rings. The third-order valence-corrected chi connectivity index (χ3v) is 5.04. The first kappa shape index (κ1) is 21.3. The minimum Gasteiger partial charge on any atom is -0.321 e. The summed E-state index contributed by atoms with van der Waals surface area (Å²) in [4.78, 5) is 37.8. The number of amides is 3. The number of carbonyl (C=O) groups excluding carboxylic acids is 3. The second-order valence-electron chi connectivity index (χ2n) is 6.79. The Morgan fingerprint density at radius 3 is 2.19 bits per heavy atom. The van der Waals surface area contributed by atoms with Crippen molar-refractivity contribution in [2.75, 3.05) is 16.1 Å². The first-order chi connectivity index (χ1) is 15.4. The molecule has 9 heteroatoms. The lowest BCUT2D eigenvalue weighted by Crippen LogP contribution is -2.36. The van der Waals surface area contributed by atoms with E-state index in [2.05, 4.69) is 32.0 Å². The van der Waals surface area contributed by atoms with Crippen LogP contribution in [0.4, 0.5) is 15.8 Å². The molecule has 160 valence electrons. The van der Waals surface area contributed by atoms with E-state index in [-0.39, 0.29) is 5.69 Å². The number of hydrogen-bond donors (Lipinski definition) is 3. The summed E-state index contributed by atoms with van der Waals surface area (Å²) >= 11 is 3.38. The average Bonchev–Trinajstić information content (AvgIpc) is 3.13. The Labute approximate surface area is 190 Å². The van der Waals surface area contributed by atoms with Gasteiger partial charge in [-0.25, -0.2) is 9.07 Å². The van der Waals surface area contributed by atoms with Crippen LogP contribution < -0.4 is 16.1 Å². The number of nitrogens with one attached hydrogen (secondary N) is 3. The Kier molecular flexibility index (Phi) is 6.00. The van der Waals surface area contributed by atoms with Gasteiger partial charge in [0.25, 0.3) is 5.91 Å². The molecule has 0 aliphatic rings. The Morgan fingerprint density at radius 1 is 0.781 bits per heavy atom. The molecule has 3 aromatic carbocycles. The van der Waals surface area contributed by atoms with E-state index in [1.54, 1.807) is 54.6 Å². The summed E-state index contributed by atoms with van der Waals surface area (Å²) < 4.78 is 15.2. The number of anilines is 2. The molecule has 0 bridgehead atoms. The predicted molar refractivity (Wildman–Crippen MR) is 123 cm³/mol. The first-order valence-electron chi connectivity index (χ1n) is 9.46. The number of benzene rings is 3. The molecule has 0 aliphatic heterocycles. The van der Waals surface area contributed by atoms with E-state index in [1.807, 2.05) is 0 Å². The van der Waals surface area contributed by atoms with Crippen molar-refractivity contribution in [1.29, 1.82) is 0 Å². The molecular weight excluding hydrogens is 479 g/mol. The highest BCUT2D eigenvalue weighted by atomic mass is 79.9. The van der Waals surface area contributed by atoms with Crippen LogP contribution in [0.2, 0.25) is 0 Å². The minimum atomic E-state index is -0.954. The molecule has 0 aliphatic carbocycles. The fourth-order valence-electron chi connectivity index (χ4n) is 3.06. The van der Waals surface area contributed by atoms with Crippen LogP contribution in [0.15, 0.2) is 83.3 Å². The highest BCUT2D eigenvalue weighted by molar-refractivity contribution is 9.10. The molecule has 0 saturated heterocycles. The zero-order valence-corrected chi connectivity index (χ0v) is 18.0. The number of halogens is 2. The lowest BCUT2D eigenvalue weighted by Gasteiger charge is -2.13. The average molecular weight is 495 g/mol. The predicted octanol–water partition coefficient (Wildman–Crippen LogP) is 4.50. The van der Waals surface area contributed by atoms with Crippen LogP contribution >= 0.6 is 15.9 Å². The molecule has 7 nitrogen and oxygen atoms in total. The second-order valence-corrected chi connectivity index (χ2v) is 7.71. The maximum absolute atomic E-state index is 13.2. The van der Waals surface area contributed by atoms with E-state index < -0.39 is 23.5 Å². The molecular formula is C23H16BrFN4O3. The molecule has 1 aromatic heterocycles. The monoisotopic (exact) mass is 494 g/mol. The van der Waals surface area contributed by atoms with Gasteiger partial charge in [-0.15, -0.1) is 0 Å². The van der Waals surface area contributed by atoms with Gasteiger partial charge in [-0.05, 0) is 60.7 Å². The van der Waals surface area contributed by atoms with Crippen LogP contribution in [-0.4, -0.2) is 22.4 Å². The fourth-order valence-corrected chi connectivity index (χ4v) is 3.44. The smallest absolute Gasteiger partial charge is 0.321 e. The fraction of sp³-hybridized carbons (Fsp3) is 0. The molecule has 0 saturated carbocycles. The van der Waals surface area contributed by atoms with Crippen molar-refractivity contribution in [1.82, 2.24) is 4.68 Å². The summed E-state index contributed by atoms with van der Waals surface area (Å²) in [5.74, 6) is -2.82. The van der Waals surface area contributed by atoms with Gasteiger partial charge in [0.2, 0.25) is 0 Å². The first-order valence-corrected chi connectivity index (χ1v) is 10.3. The third kappa shape index (κ3) is 4.68. The lowest BCUT2D eigenvalue weighted by atomic mass is 10.2. The van der Waals surface area contributed by atoms with Gasteiger partial charge in [-0.3, -0.25) is 19.8 Å². The Bertz CT molecular complexity index is 1320. The maximum Gasteiger partial charge on any atom is 0.328 e. The van der Waals surface area contributed by atoms with Crippen LogP contribution in [-0.2, 0) is 9.59 Å². The normalized spacial score (nSPS) is 10.6. The van der Waals surface area contributed by atoms with Crippen molar-refractivity contribution in [3.05, 3.63) is 94.8 Å². The number of nitrogens with zero attached hydrogens (tertiary/aromatic N) is 1. The topological polar surface area (TPSA) is 92.2 Å². The summed E-state index contributed by atoms with van der Waals surface area (Å²) in [7, 11) is 0. The van der Waals surface area contributed by atoms with Crippen molar-refractivity contribution >= 4 is 55.9 Å². The third-order valence-electron chi connectivity index (χ3n) is 4.55. The van der Waals surface area contributed by atoms with E-state index in [0.717, 1.165) is 4.47 Å². The highest BCUT2D eigenvalue weighted by Crippen LogP contribution is 2.24. The van der Waals surface area contributed by atoms with Crippen LogP contribution in [0.25, 0.3) is 10.9 Å². The summed E-state index contributed by atoms with van der Waals surface area (Å²) in [5, 5.41) is 5.81. The zero-order chi connectivity index (χ0) is 22.7. The van der Waals surface area contributed by atoms with Gasteiger partial charge in [0.15, 0.2) is 0 Å². The largest absolute Gasteiger partial charge is 0.328 e. The molecule has 3 N–H and O–H groups in total. The molecule has 3 amide bonds. The number of fused-ring (bicyclic) bond motifs is 1. The van der Waals surface area contributed by atoms with Gasteiger partial charge in [0.05, 0.1) is 5.52 Å². The molecule has 4 aromatic rings. The van der Waals surface area contributed by atoms with Crippen molar-refractivity contribution in [3.63, 3.8) is 0 Å². The summed E-state index contributed by atoms with van der Waals surface area (Å²) in [6, 6.07) is 20.6. The van der Waals surface area contributed by atoms with E-state index in [0.29, 0.717) is 22.3 Å². The highest BCUT2D eigenvalue weighted by Gasteiger charge is 2.21. The van der Waals surface area contributed by atoms with Crippen LogP contribution in [0.1, 0.15) is 10.5 Å². The number of hydrogen-bond acceptors (Lipinski definition) is 3. The lowest BCUT2D eigenvalue weighted by molar-refractivity contribution is -0.133. The summed E-state index contributed by atoms with van der Waals surface area (Å²) in [5.41, 5.74) is 3.92. The van der Waals surface area contributed by atoms with Gasteiger partial charge < -0.3 is 10.6 Å². The molecule has 0 unspecified atom stereocenters. The molecule has 4 rings (SSSR count). The van der Waals surface area contributed by atoms with E-state index >= 15 is 0 Å². The second kappa shape index (κ2) is 9.03. The van der Waals surface area contributed by atoms with Crippen molar-refractivity contribution in [2.24, 2.45) is 0 Å². The number of para-hydroxylation sites is 1. The SMILES string of the molecule is O=C(Nc1ccccc1)C(=O)Nn1c(C(=O)Nc2ccc(F)cc2)cc2cc(Br)ccc21. The van der Waals surface area contributed by atoms with Crippen molar-refractivity contribution in [3.8, 4) is 0 Å². The standard InChI is InChI=1S/C23H16BrFN4O3/c24-15-6-11-19-14(12-15)13-20(21(30)26-18-9-7-16(25)8-10-18)29(19)28-23(32)22(31)27-17-4-2-1-3-5-17/h1-13H,(H,26,30)(H,27,31)(H,28,32). The minimum absolute atomic E-state index is 0.0864. The summed E-state index contributed by atoms with van der Waals surface area (Å²) in [6.45, 7) is 0. The maximum atomic E-state index is 13.2.